The number of carbonyl (C=O) groups is 1. The number of nitrogens with one attached hydrogen (secondary N) is 2. The number of amides is 1. The summed E-state index contributed by atoms with van der Waals surface area (Å²) in [4.78, 5) is 20.7. The zero-order chi connectivity index (χ0) is 17.8. The smallest absolute Gasteiger partial charge is 0.220 e. The van der Waals surface area contributed by atoms with Crippen LogP contribution in [-0.2, 0) is 16.1 Å². The molecule has 0 bridgehead atoms. The van der Waals surface area contributed by atoms with Crippen molar-refractivity contribution in [2.75, 3.05) is 13.2 Å². The number of carbonyl (C=O) groups excluding carboxylic acids is 1. The van der Waals surface area contributed by atoms with E-state index in [0.29, 0.717) is 26.0 Å². The highest BCUT2D eigenvalue weighted by atomic mass is 16.6. The quantitative estimate of drug-likeness (QED) is 0.715. The van der Waals surface area contributed by atoms with Crippen molar-refractivity contribution in [2.45, 2.75) is 19.3 Å². The standard InChI is InChI=1S/C21H21N3O2/c25-20(22-14-16-12-13-26-24-16)11-10-18-17-8-4-5-9-19(17)23-21(18)15-6-2-1-3-7-15/h1-9,23H,10-14H2,(H,22,25). The summed E-state index contributed by atoms with van der Waals surface area (Å²) in [7, 11) is 0. The molecular formula is C21H21N3O2. The fraction of sp³-hybridized carbons (Fsp3) is 0.238. The number of oxime groups is 1. The second kappa shape index (κ2) is 7.44. The van der Waals surface area contributed by atoms with Crippen molar-refractivity contribution in [2.24, 2.45) is 5.16 Å². The third-order valence-corrected chi connectivity index (χ3v) is 4.64. The van der Waals surface area contributed by atoms with Crippen LogP contribution in [0, 0.1) is 0 Å². The molecule has 132 valence electrons. The van der Waals surface area contributed by atoms with Gasteiger partial charge >= 0.3 is 0 Å². The number of aryl methyl sites for hydroxylation is 1. The minimum Gasteiger partial charge on any atom is -0.395 e. The molecule has 2 N–H and O–H groups in total. The van der Waals surface area contributed by atoms with Crippen molar-refractivity contribution in [3.8, 4) is 11.3 Å². The molecule has 1 aliphatic heterocycles. The normalized spacial score (nSPS) is 13.5. The Balaban J connectivity index is 1.52. The van der Waals surface area contributed by atoms with E-state index < -0.39 is 0 Å². The first-order chi connectivity index (χ1) is 12.8. The maximum atomic E-state index is 12.3. The Morgan fingerprint density at radius 2 is 1.92 bits per heavy atom. The number of hydrogen-bond acceptors (Lipinski definition) is 3. The van der Waals surface area contributed by atoms with Gasteiger partial charge in [-0.15, -0.1) is 0 Å². The summed E-state index contributed by atoms with van der Waals surface area (Å²) in [5.74, 6) is 0.0314. The molecule has 5 nitrogen and oxygen atoms in total. The highest BCUT2D eigenvalue weighted by Crippen LogP contribution is 2.31. The number of para-hydroxylation sites is 1. The Kier molecular flexibility index (Phi) is 4.69. The van der Waals surface area contributed by atoms with E-state index in [1.807, 2.05) is 30.3 Å². The number of H-pyrrole nitrogens is 1. The van der Waals surface area contributed by atoms with Crippen LogP contribution >= 0.6 is 0 Å². The highest BCUT2D eigenvalue weighted by molar-refractivity contribution is 5.92. The van der Waals surface area contributed by atoms with E-state index in [9.17, 15) is 4.79 Å². The van der Waals surface area contributed by atoms with Crippen molar-refractivity contribution in [1.82, 2.24) is 10.3 Å². The SMILES string of the molecule is O=C(CCc1c(-c2ccccc2)[nH]c2ccccc12)NCC1=NOCC1. The molecule has 3 aromatic rings. The van der Waals surface area contributed by atoms with Crippen molar-refractivity contribution in [3.63, 3.8) is 0 Å². The molecule has 1 aromatic heterocycles. The number of aromatic amines is 1. The maximum Gasteiger partial charge on any atom is 0.220 e. The minimum atomic E-state index is 0.0314. The van der Waals surface area contributed by atoms with Crippen LogP contribution < -0.4 is 5.32 Å². The molecule has 1 amide bonds. The zero-order valence-corrected chi connectivity index (χ0v) is 14.5. The first-order valence-corrected chi connectivity index (χ1v) is 8.90. The largest absolute Gasteiger partial charge is 0.395 e. The molecule has 5 heteroatoms. The van der Waals surface area contributed by atoms with Crippen LogP contribution in [0.4, 0.5) is 0 Å². The summed E-state index contributed by atoms with van der Waals surface area (Å²) in [6.45, 7) is 1.08. The van der Waals surface area contributed by atoms with Gasteiger partial charge < -0.3 is 15.1 Å². The van der Waals surface area contributed by atoms with Crippen LogP contribution in [0.1, 0.15) is 18.4 Å². The molecule has 0 saturated carbocycles. The molecule has 0 radical (unpaired) electrons. The third-order valence-electron chi connectivity index (χ3n) is 4.64. The summed E-state index contributed by atoms with van der Waals surface area (Å²) >= 11 is 0. The first-order valence-electron chi connectivity index (χ1n) is 8.90. The van der Waals surface area contributed by atoms with Crippen molar-refractivity contribution in [3.05, 3.63) is 60.2 Å². The molecule has 0 saturated heterocycles. The summed E-state index contributed by atoms with van der Waals surface area (Å²) in [6, 6.07) is 18.5. The first kappa shape index (κ1) is 16.4. The van der Waals surface area contributed by atoms with Crippen LogP contribution in [0.3, 0.4) is 0 Å². The topological polar surface area (TPSA) is 66.5 Å². The van der Waals surface area contributed by atoms with E-state index >= 15 is 0 Å². The van der Waals surface area contributed by atoms with Crippen LogP contribution in [0.5, 0.6) is 0 Å². The van der Waals surface area contributed by atoms with Gasteiger partial charge in [-0.1, -0.05) is 53.7 Å². The number of rotatable bonds is 6. The van der Waals surface area contributed by atoms with Crippen molar-refractivity contribution >= 4 is 22.5 Å². The summed E-state index contributed by atoms with van der Waals surface area (Å²) in [6.07, 6.45) is 1.92. The molecule has 26 heavy (non-hydrogen) atoms. The molecule has 0 spiro atoms. The fourth-order valence-corrected chi connectivity index (χ4v) is 3.31. The van der Waals surface area contributed by atoms with Gasteiger partial charge in [-0.05, 0) is 23.6 Å². The molecule has 0 aliphatic carbocycles. The molecule has 1 aliphatic rings. The maximum absolute atomic E-state index is 12.3. The zero-order valence-electron chi connectivity index (χ0n) is 14.5. The van der Waals surface area contributed by atoms with Crippen molar-refractivity contribution in [1.29, 1.82) is 0 Å². The lowest BCUT2D eigenvalue weighted by Gasteiger charge is -2.07. The lowest BCUT2D eigenvalue weighted by atomic mass is 10.0. The van der Waals surface area contributed by atoms with Gasteiger partial charge in [0, 0.05) is 29.4 Å². The van der Waals surface area contributed by atoms with Gasteiger partial charge in [-0.25, -0.2) is 0 Å². The summed E-state index contributed by atoms with van der Waals surface area (Å²) in [5.41, 5.74) is 5.41. The minimum absolute atomic E-state index is 0.0314. The third kappa shape index (κ3) is 3.47. The average Bonchev–Trinajstić information content (AvgIpc) is 3.33. The van der Waals surface area contributed by atoms with Crippen LogP contribution in [0.15, 0.2) is 59.8 Å². The average molecular weight is 347 g/mol. The highest BCUT2D eigenvalue weighted by Gasteiger charge is 2.15. The molecule has 4 rings (SSSR count). The lowest BCUT2D eigenvalue weighted by molar-refractivity contribution is -0.120. The van der Waals surface area contributed by atoms with Gasteiger partial charge in [-0.2, -0.15) is 0 Å². The Bertz CT molecular complexity index is 944. The lowest BCUT2D eigenvalue weighted by Crippen LogP contribution is -2.29. The summed E-state index contributed by atoms with van der Waals surface area (Å²) < 4.78 is 0. The number of benzene rings is 2. The summed E-state index contributed by atoms with van der Waals surface area (Å²) in [5, 5.41) is 8.02. The number of nitrogens with zero attached hydrogens (tertiary/aromatic N) is 1. The Hall–Kier alpha value is -3.08. The van der Waals surface area contributed by atoms with E-state index in [4.69, 9.17) is 4.84 Å². The van der Waals surface area contributed by atoms with E-state index in [-0.39, 0.29) is 5.91 Å². The van der Waals surface area contributed by atoms with Crippen LogP contribution in [0.2, 0.25) is 0 Å². The predicted octanol–water partition coefficient (Wildman–Crippen LogP) is 3.66. The van der Waals surface area contributed by atoms with E-state index in [1.54, 1.807) is 0 Å². The Morgan fingerprint density at radius 3 is 2.73 bits per heavy atom. The molecular weight excluding hydrogens is 326 g/mol. The Labute approximate surface area is 152 Å². The van der Waals surface area contributed by atoms with Gasteiger partial charge in [0.15, 0.2) is 0 Å². The van der Waals surface area contributed by atoms with Crippen molar-refractivity contribution < 1.29 is 9.63 Å². The van der Waals surface area contributed by atoms with Gasteiger partial charge in [0.05, 0.1) is 12.3 Å². The number of hydrogen-bond donors (Lipinski definition) is 2. The second-order valence-corrected chi connectivity index (χ2v) is 6.41. The fourth-order valence-electron chi connectivity index (χ4n) is 3.31. The molecule has 0 fully saturated rings. The molecule has 2 heterocycles. The van der Waals surface area contributed by atoms with Gasteiger partial charge in [-0.3, -0.25) is 4.79 Å². The molecule has 0 unspecified atom stereocenters. The predicted molar refractivity (Wildman–Crippen MR) is 103 cm³/mol. The van der Waals surface area contributed by atoms with E-state index in [0.717, 1.165) is 28.9 Å². The van der Waals surface area contributed by atoms with Crippen LogP contribution in [0.25, 0.3) is 22.2 Å². The Morgan fingerprint density at radius 1 is 1.12 bits per heavy atom. The second-order valence-electron chi connectivity index (χ2n) is 6.41. The van der Waals surface area contributed by atoms with Gasteiger partial charge in [0.25, 0.3) is 0 Å². The number of fused-ring (bicyclic) bond motifs is 1. The number of aromatic nitrogens is 1. The van der Waals surface area contributed by atoms with Gasteiger partial charge in [0.1, 0.15) is 6.61 Å². The van der Waals surface area contributed by atoms with E-state index in [2.05, 4.69) is 39.7 Å². The molecule has 0 atom stereocenters. The van der Waals surface area contributed by atoms with Gasteiger partial charge in [0.2, 0.25) is 5.91 Å². The van der Waals surface area contributed by atoms with E-state index in [1.165, 1.54) is 10.9 Å². The molecule has 2 aromatic carbocycles. The monoisotopic (exact) mass is 347 g/mol. The van der Waals surface area contributed by atoms with Crippen LogP contribution in [-0.4, -0.2) is 29.8 Å².